The molecule has 0 bridgehead atoms. The van der Waals surface area contributed by atoms with Gasteiger partial charge in [-0.05, 0) is 12.1 Å². The number of rotatable bonds is 4. The molecule has 1 aliphatic heterocycles. The molecular weight excluding hydrogens is 302 g/mol. The zero-order chi connectivity index (χ0) is 14.1. The highest BCUT2D eigenvalue weighted by Crippen LogP contribution is 2.26. The molecule has 1 aliphatic rings. The number of hydrogen-bond donors (Lipinski definition) is 1. The van der Waals surface area contributed by atoms with Crippen molar-refractivity contribution in [2.45, 2.75) is 6.10 Å². The van der Waals surface area contributed by atoms with E-state index in [0.29, 0.717) is 5.02 Å². The van der Waals surface area contributed by atoms with Crippen molar-refractivity contribution >= 4 is 29.3 Å². The first-order chi connectivity index (χ1) is 9.65. The standard InChI is InChI=1S/C12H10ClN3O3S/c13-8-2-1-3-14-11(8)16-9(12(17)18)4-10(15-16)19-7-5-20-6-7/h1-4,7H,5-6H2,(H,17,18). The molecule has 0 unspecified atom stereocenters. The number of pyridine rings is 1. The Morgan fingerprint density at radius 3 is 2.95 bits per heavy atom. The average molecular weight is 312 g/mol. The lowest BCUT2D eigenvalue weighted by atomic mass is 10.4. The average Bonchev–Trinajstić information content (AvgIpc) is 2.78. The van der Waals surface area contributed by atoms with Crippen LogP contribution in [-0.4, -0.2) is 43.4 Å². The van der Waals surface area contributed by atoms with E-state index in [0.717, 1.165) is 11.5 Å². The third-order valence-electron chi connectivity index (χ3n) is 2.74. The smallest absolute Gasteiger partial charge is 0.354 e. The van der Waals surface area contributed by atoms with Crippen LogP contribution in [0.15, 0.2) is 24.4 Å². The van der Waals surface area contributed by atoms with Crippen molar-refractivity contribution < 1.29 is 14.6 Å². The first-order valence-corrected chi connectivity index (χ1v) is 7.37. The topological polar surface area (TPSA) is 77.2 Å². The minimum atomic E-state index is -1.11. The fourth-order valence-electron chi connectivity index (χ4n) is 1.72. The van der Waals surface area contributed by atoms with Crippen LogP contribution in [0.25, 0.3) is 5.82 Å². The molecule has 3 heterocycles. The Morgan fingerprint density at radius 1 is 1.55 bits per heavy atom. The molecule has 8 heteroatoms. The Morgan fingerprint density at radius 2 is 2.35 bits per heavy atom. The summed E-state index contributed by atoms with van der Waals surface area (Å²) in [7, 11) is 0. The summed E-state index contributed by atoms with van der Waals surface area (Å²) in [5.41, 5.74) is -0.0347. The minimum absolute atomic E-state index is 0.0347. The predicted molar refractivity (Wildman–Crippen MR) is 75.1 cm³/mol. The predicted octanol–water partition coefficient (Wildman–Crippen LogP) is 2.11. The number of carbonyl (C=O) groups is 1. The lowest BCUT2D eigenvalue weighted by Crippen LogP contribution is -2.31. The molecule has 20 heavy (non-hydrogen) atoms. The molecular formula is C12H10ClN3O3S. The van der Waals surface area contributed by atoms with E-state index < -0.39 is 5.97 Å². The van der Waals surface area contributed by atoms with Gasteiger partial charge in [-0.1, -0.05) is 11.6 Å². The van der Waals surface area contributed by atoms with E-state index in [9.17, 15) is 9.90 Å². The van der Waals surface area contributed by atoms with Gasteiger partial charge in [0.2, 0.25) is 5.88 Å². The molecule has 0 radical (unpaired) electrons. The van der Waals surface area contributed by atoms with Crippen LogP contribution in [0.5, 0.6) is 5.88 Å². The SMILES string of the molecule is O=C(O)c1cc(OC2CSC2)nn1-c1ncccc1Cl. The summed E-state index contributed by atoms with van der Waals surface area (Å²) < 4.78 is 6.78. The van der Waals surface area contributed by atoms with E-state index >= 15 is 0 Å². The maximum atomic E-state index is 11.3. The summed E-state index contributed by atoms with van der Waals surface area (Å²) in [5, 5.41) is 13.7. The number of halogens is 1. The first-order valence-electron chi connectivity index (χ1n) is 5.84. The van der Waals surface area contributed by atoms with Gasteiger partial charge in [0, 0.05) is 23.8 Å². The zero-order valence-electron chi connectivity index (χ0n) is 10.2. The van der Waals surface area contributed by atoms with Crippen LogP contribution in [0.1, 0.15) is 10.5 Å². The molecule has 104 valence electrons. The van der Waals surface area contributed by atoms with Crippen molar-refractivity contribution in [3.63, 3.8) is 0 Å². The highest BCUT2D eigenvalue weighted by molar-refractivity contribution is 8.00. The van der Waals surface area contributed by atoms with E-state index in [1.54, 1.807) is 23.9 Å². The van der Waals surface area contributed by atoms with Crippen molar-refractivity contribution in [1.82, 2.24) is 14.8 Å². The number of hydrogen-bond acceptors (Lipinski definition) is 5. The molecule has 0 saturated carbocycles. The fourth-order valence-corrected chi connectivity index (χ4v) is 2.48. The monoisotopic (exact) mass is 311 g/mol. The van der Waals surface area contributed by atoms with Crippen LogP contribution < -0.4 is 4.74 Å². The third kappa shape index (κ3) is 2.46. The van der Waals surface area contributed by atoms with Gasteiger partial charge >= 0.3 is 5.97 Å². The van der Waals surface area contributed by atoms with Crippen molar-refractivity contribution in [2.24, 2.45) is 0 Å². The Bertz CT molecular complexity index is 657. The van der Waals surface area contributed by atoms with Gasteiger partial charge in [0.1, 0.15) is 6.10 Å². The van der Waals surface area contributed by atoms with Gasteiger partial charge < -0.3 is 9.84 Å². The molecule has 1 N–H and O–H groups in total. The van der Waals surface area contributed by atoms with Gasteiger partial charge in [-0.2, -0.15) is 11.8 Å². The molecule has 0 aromatic carbocycles. The van der Waals surface area contributed by atoms with Gasteiger partial charge in [-0.15, -0.1) is 5.10 Å². The van der Waals surface area contributed by atoms with Crippen LogP contribution in [0.3, 0.4) is 0 Å². The maximum Gasteiger partial charge on any atom is 0.354 e. The van der Waals surface area contributed by atoms with Gasteiger partial charge in [-0.25, -0.2) is 14.5 Å². The van der Waals surface area contributed by atoms with E-state index in [1.165, 1.54) is 16.9 Å². The van der Waals surface area contributed by atoms with Gasteiger partial charge in [0.15, 0.2) is 11.5 Å². The summed E-state index contributed by atoms with van der Waals surface area (Å²) in [6.07, 6.45) is 1.61. The number of thioether (sulfide) groups is 1. The molecule has 0 amide bonds. The van der Waals surface area contributed by atoms with Crippen LogP contribution >= 0.6 is 23.4 Å². The van der Waals surface area contributed by atoms with Crippen molar-refractivity contribution in [3.8, 4) is 11.7 Å². The minimum Gasteiger partial charge on any atom is -0.477 e. The first kappa shape index (κ1) is 13.3. The Labute approximate surface area is 123 Å². The van der Waals surface area contributed by atoms with Gasteiger partial charge in [0.05, 0.1) is 5.02 Å². The van der Waals surface area contributed by atoms with Crippen molar-refractivity contribution in [1.29, 1.82) is 0 Å². The third-order valence-corrected chi connectivity index (χ3v) is 4.25. The Balaban J connectivity index is 2.00. The molecule has 6 nitrogen and oxygen atoms in total. The molecule has 0 atom stereocenters. The summed E-state index contributed by atoms with van der Waals surface area (Å²) in [5.74, 6) is 1.20. The number of ether oxygens (including phenoxy) is 1. The van der Waals surface area contributed by atoms with E-state index in [-0.39, 0.29) is 23.5 Å². The Hall–Kier alpha value is -1.73. The molecule has 1 fully saturated rings. The van der Waals surface area contributed by atoms with Crippen molar-refractivity contribution in [3.05, 3.63) is 35.1 Å². The summed E-state index contributed by atoms with van der Waals surface area (Å²) in [6.45, 7) is 0. The number of nitrogens with zero attached hydrogens (tertiary/aromatic N) is 3. The lowest BCUT2D eigenvalue weighted by molar-refractivity contribution is 0.0686. The quantitative estimate of drug-likeness (QED) is 0.932. The summed E-state index contributed by atoms with van der Waals surface area (Å²) in [4.78, 5) is 15.4. The largest absolute Gasteiger partial charge is 0.477 e. The second-order valence-electron chi connectivity index (χ2n) is 4.17. The molecule has 0 spiro atoms. The second-order valence-corrected chi connectivity index (χ2v) is 5.65. The van der Waals surface area contributed by atoms with E-state index in [2.05, 4.69) is 10.1 Å². The molecule has 3 rings (SSSR count). The highest BCUT2D eigenvalue weighted by Gasteiger charge is 2.24. The second kappa shape index (κ2) is 5.34. The number of carboxylic acids is 1. The van der Waals surface area contributed by atoms with Crippen LogP contribution in [0, 0.1) is 0 Å². The molecule has 1 saturated heterocycles. The molecule has 2 aromatic heterocycles. The number of carboxylic acid groups (broad SMARTS) is 1. The number of aromatic nitrogens is 3. The van der Waals surface area contributed by atoms with Crippen molar-refractivity contribution in [2.75, 3.05) is 11.5 Å². The zero-order valence-corrected chi connectivity index (χ0v) is 11.8. The molecule has 2 aromatic rings. The van der Waals surface area contributed by atoms with Gasteiger partial charge in [0.25, 0.3) is 0 Å². The normalized spacial score (nSPS) is 14.8. The van der Waals surface area contributed by atoms with E-state index in [4.69, 9.17) is 16.3 Å². The highest BCUT2D eigenvalue weighted by atomic mass is 35.5. The lowest BCUT2D eigenvalue weighted by Gasteiger charge is -2.24. The van der Waals surface area contributed by atoms with Crippen LogP contribution in [0.4, 0.5) is 0 Å². The van der Waals surface area contributed by atoms with Crippen LogP contribution in [-0.2, 0) is 0 Å². The number of aromatic carboxylic acids is 1. The summed E-state index contributed by atoms with van der Waals surface area (Å²) >= 11 is 7.80. The Kier molecular flexibility index (Phi) is 3.54. The van der Waals surface area contributed by atoms with E-state index in [1.807, 2.05) is 0 Å². The summed E-state index contributed by atoms with van der Waals surface area (Å²) in [6, 6.07) is 4.68. The maximum absolute atomic E-state index is 11.3. The fraction of sp³-hybridized carbons (Fsp3) is 0.250. The van der Waals surface area contributed by atoms with Crippen LogP contribution in [0.2, 0.25) is 5.02 Å². The van der Waals surface area contributed by atoms with Gasteiger partial charge in [-0.3, -0.25) is 0 Å². The molecule has 0 aliphatic carbocycles.